The van der Waals surface area contributed by atoms with Gasteiger partial charge in [0.2, 0.25) is 5.91 Å². The first-order valence-electron chi connectivity index (χ1n) is 10.1. The number of hydrogen-bond donors (Lipinski definition) is 2. The normalized spacial score (nSPS) is 14.0. The SMILES string of the molecule is Cc1noc(C=Cc2ccc(S(=O)(=O)Nc3cccc(Cl)c3C)cc2)c1NC(=O)C1CC1. The Bertz CT molecular complexity index is 1290. The summed E-state index contributed by atoms with van der Waals surface area (Å²) in [7, 11) is -3.76. The molecule has 1 amide bonds. The van der Waals surface area contributed by atoms with E-state index in [4.69, 9.17) is 16.1 Å². The first-order chi connectivity index (χ1) is 15.2. The van der Waals surface area contributed by atoms with Gasteiger partial charge in [-0.25, -0.2) is 8.42 Å². The molecule has 7 nitrogen and oxygen atoms in total. The van der Waals surface area contributed by atoms with Crippen LogP contribution in [-0.2, 0) is 14.8 Å². The van der Waals surface area contributed by atoms with Gasteiger partial charge in [-0.1, -0.05) is 41.0 Å². The summed E-state index contributed by atoms with van der Waals surface area (Å²) in [6.45, 7) is 3.51. The van der Waals surface area contributed by atoms with Gasteiger partial charge in [-0.05, 0) is 68.2 Å². The standard InChI is InChI=1S/C23H22ClN3O4S/c1-14-19(24)4-3-5-20(14)27-32(29,30)18-11-6-16(7-12-18)8-13-21-22(15(2)26-31-21)25-23(28)17-9-10-17/h3-8,11-13,17,27H,9-10H2,1-2H3,(H,25,28). The number of nitrogens with one attached hydrogen (secondary N) is 2. The van der Waals surface area contributed by atoms with Gasteiger partial charge in [-0.2, -0.15) is 0 Å². The smallest absolute Gasteiger partial charge is 0.261 e. The van der Waals surface area contributed by atoms with Gasteiger partial charge in [0.25, 0.3) is 10.0 Å². The molecule has 2 aromatic carbocycles. The minimum absolute atomic E-state index is 0.0250. The molecule has 2 N–H and O–H groups in total. The van der Waals surface area contributed by atoms with Crippen molar-refractivity contribution in [1.29, 1.82) is 0 Å². The van der Waals surface area contributed by atoms with Crippen LogP contribution in [0.5, 0.6) is 0 Å². The lowest BCUT2D eigenvalue weighted by Crippen LogP contribution is -2.14. The Morgan fingerprint density at radius 3 is 2.53 bits per heavy atom. The second kappa shape index (κ2) is 8.80. The number of halogens is 1. The van der Waals surface area contributed by atoms with E-state index in [0.29, 0.717) is 33.4 Å². The van der Waals surface area contributed by atoms with Crippen LogP contribution in [0.2, 0.25) is 5.02 Å². The number of benzene rings is 2. The Hall–Kier alpha value is -3.10. The molecule has 4 rings (SSSR count). The zero-order chi connectivity index (χ0) is 22.9. The zero-order valence-electron chi connectivity index (χ0n) is 17.6. The number of aromatic nitrogens is 1. The fourth-order valence-electron chi connectivity index (χ4n) is 3.08. The summed E-state index contributed by atoms with van der Waals surface area (Å²) in [5.74, 6) is 0.481. The van der Waals surface area contributed by atoms with Crippen LogP contribution >= 0.6 is 11.6 Å². The highest BCUT2D eigenvalue weighted by Gasteiger charge is 2.30. The van der Waals surface area contributed by atoms with Gasteiger partial charge in [0.15, 0.2) is 5.76 Å². The van der Waals surface area contributed by atoms with Crippen LogP contribution in [-0.4, -0.2) is 19.5 Å². The van der Waals surface area contributed by atoms with Crippen LogP contribution < -0.4 is 10.0 Å². The molecule has 1 aliphatic rings. The summed E-state index contributed by atoms with van der Waals surface area (Å²) in [6, 6.07) is 11.5. The van der Waals surface area contributed by atoms with E-state index in [1.807, 2.05) is 0 Å². The quantitative estimate of drug-likeness (QED) is 0.489. The molecule has 0 bridgehead atoms. The molecule has 1 saturated carbocycles. The minimum Gasteiger partial charge on any atom is -0.354 e. The van der Waals surface area contributed by atoms with Crippen molar-refractivity contribution in [2.75, 3.05) is 10.0 Å². The van der Waals surface area contributed by atoms with Crippen molar-refractivity contribution in [2.45, 2.75) is 31.6 Å². The molecule has 166 valence electrons. The molecule has 0 aliphatic heterocycles. The number of aryl methyl sites for hydroxylation is 1. The van der Waals surface area contributed by atoms with Crippen molar-refractivity contribution in [2.24, 2.45) is 5.92 Å². The Morgan fingerprint density at radius 2 is 1.84 bits per heavy atom. The van der Waals surface area contributed by atoms with Crippen LogP contribution in [0.25, 0.3) is 12.2 Å². The van der Waals surface area contributed by atoms with E-state index in [-0.39, 0.29) is 16.7 Å². The maximum absolute atomic E-state index is 12.7. The molecule has 1 aliphatic carbocycles. The third kappa shape index (κ3) is 4.87. The molecule has 1 fully saturated rings. The molecule has 0 saturated heterocycles. The summed E-state index contributed by atoms with van der Waals surface area (Å²) >= 11 is 6.08. The second-order valence-electron chi connectivity index (χ2n) is 7.69. The van der Waals surface area contributed by atoms with E-state index < -0.39 is 10.0 Å². The maximum atomic E-state index is 12.7. The van der Waals surface area contributed by atoms with E-state index in [1.165, 1.54) is 12.1 Å². The van der Waals surface area contributed by atoms with Crippen LogP contribution in [0.4, 0.5) is 11.4 Å². The van der Waals surface area contributed by atoms with Crippen LogP contribution in [0.15, 0.2) is 51.9 Å². The molecule has 0 spiro atoms. The first-order valence-corrected chi connectivity index (χ1v) is 11.9. The van der Waals surface area contributed by atoms with Crippen molar-refractivity contribution in [1.82, 2.24) is 5.16 Å². The highest BCUT2D eigenvalue weighted by Crippen LogP contribution is 2.32. The van der Waals surface area contributed by atoms with E-state index in [9.17, 15) is 13.2 Å². The average Bonchev–Trinajstić information content (AvgIpc) is 3.56. The van der Waals surface area contributed by atoms with E-state index in [1.54, 1.807) is 56.3 Å². The third-order valence-corrected chi connectivity index (χ3v) is 7.01. The number of carbonyl (C=O) groups excluding carboxylic acids is 1. The Morgan fingerprint density at radius 1 is 1.12 bits per heavy atom. The lowest BCUT2D eigenvalue weighted by atomic mass is 10.2. The summed E-state index contributed by atoms with van der Waals surface area (Å²) in [4.78, 5) is 12.2. The van der Waals surface area contributed by atoms with Gasteiger partial charge in [-0.3, -0.25) is 9.52 Å². The first kappa shape index (κ1) is 22.1. The van der Waals surface area contributed by atoms with E-state index >= 15 is 0 Å². The monoisotopic (exact) mass is 471 g/mol. The Kier molecular flexibility index (Phi) is 6.08. The lowest BCUT2D eigenvalue weighted by molar-refractivity contribution is -0.117. The zero-order valence-corrected chi connectivity index (χ0v) is 19.1. The van der Waals surface area contributed by atoms with Gasteiger partial charge in [0.1, 0.15) is 11.4 Å². The summed E-state index contributed by atoms with van der Waals surface area (Å²) in [5.41, 5.74) is 3.00. The summed E-state index contributed by atoms with van der Waals surface area (Å²) in [6.07, 6.45) is 5.27. The lowest BCUT2D eigenvalue weighted by Gasteiger charge is -2.11. The predicted molar refractivity (Wildman–Crippen MR) is 125 cm³/mol. The Balaban J connectivity index is 1.49. The second-order valence-corrected chi connectivity index (χ2v) is 9.78. The van der Waals surface area contributed by atoms with Crippen LogP contribution in [0.3, 0.4) is 0 Å². The van der Waals surface area contributed by atoms with Gasteiger partial charge < -0.3 is 9.84 Å². The average molecular weight is 472 g/mol. The highest BCUT2D eigenvalue weighted by molar-refractivity contribution is 7.92. The number of carbonyl (C=O) groups is 1. The molecule has 0 radical (unpaired) electrons. The maximum Gasteiger partial charge on any atom is 0.261 e. The van der Waals surface area contributed by atoms with Crippen molar-refractivity contribution < 1.29 is 17.7 Å². The van der Waals surface area contributed by atoms with Crippen molar-refractivity contribution in [3.8, 4) is 0 Å². The van der Waals surface area contributed by atoms with E-state index in [2.05, 4.69) is 15.2 Å². The van der Waals surface area contributed by atoms with Crippen molar-refractivity contribution in [3.63, 3.8) is 0 Å². The predicted octanol–water partition coefficient (Wildman–Crippen LogP) is 5.26. The van der Waals surface area contributed by atoms with Crippen LogP contribution in [0, 0.1) is 19.8 Å². The molecular weight excluding hydrogens is 450 g/mol. The van der Waals surface area contributed by atoms with Gasteiger partial charge in [0, 0.05) is 10.9 Å². The topological polar surface area (TPSA) is 101 Å². The molecule has 0 unspecified atom stereocenters. The number of nitrogens with zero attached hydrogens (tertiary/aromatic N) is 1. The molecular formula is C23H22ClN3O4S. The highest BCUT2D eigenvalue weighted by atomic mass is 35.5. The van der Waals surface area contributed by atoms with Crippen molar-refractivity contribution in [3.05, 3.63) is 70.1 Å². The van der Waals surface area contributed by atoms with Crippen molar-refractivity contribution >= 4 is 51.1 Å². The molecule has 1 aromatic heterocycles. The number of hydrogen-bond acceptors (Lipinski definition) is 5. The molecule has 9 heteroatoms. The minimum atomic E-state index is -3.76. The van der Waals surface area contributed by atoms with Gasteiger partial charge in [-0.15, -0.1) is 0 Å². The van der Waals surface area contributed by atoms with Crippen LogP contribution in [0.1, 0.15) is 35.4 Å². The summed E-state index contributed by atoms with van der Waals surface area (Å²) < 4.78 is 33.3. The fourth-order valence-corrected chi connectivity index (χ4v) is 4.37. The van der Waals surface area contributed by atoms with Gasteiger partial charge in [0.05, 0.1) is 10.6 Å². The fraction of sp³-hybridized carbons (Fsp3) is 0.217. The molecule has 1 heterocycles. The number of rotatable bonds is 7. The van der Waals surface area contributed by atoms with Gasteiger partial charge >= 0.3 is 0 Å². The largest absolute Gasteiger partial charge is 0.354 e. The van der Waals surface area contributed by atoms with E-state index in [0.717, 1.165) is 18.4 Å². The third-order valence-electron chi connectivity index (χ3n) is 5.22. The molecule has 3 aromatic rings. The number of sulfonamides is 1. The molecule has 32 heavy (non-hydrogen) atoms. The number of anilines is 2. The summed E-state index contributed by atoms with van der Waals surface area (Å²) in [5, 5.41) is 7.28. The number of amides is 1. The Labute approximate surface area is 191 Å². The molecule has 0 atom stereocenters.